The summed E-state index contributed by atoms with van der Waals surface area (Å²) >= 11 is 0. The van der Waals surface area contributed by atoms with Gasteiger partial charge in [0.25, 0.3) is 0 Å². The van der Waals surface area contributed by atoms with E-state index in [1.165, 1.54) is 16.8 Å². The van der Waals surface area contributed by atoms with Crippen molar-refractivity contribution >= 4 is 17.6 Å². The lowest BCUT2D eigenvalue weighted by Gasteiger charge is -2.28. The van der Waals surface area contributed by atoms with Crippen molar-refractivity contribution in [2.24, 2.45) is 12.0 Å². The molecule has 0 aliphatic carbocycles. The number of nitrogens with zero attached hydrogens (tertiary/aromatic N) is 6. The topological polar surface area (TPSA) is 69.0 Å². The first-order valence-electron chi connectivity index (χ1n) is 11.5. The van der Waals surface area contributed by atoms with Gasteiger partial charge in [-0.2, -0.15) is 5.10 Å². The van der Waals surface area contributed by atoms with Gasteiger partial charge in [0, 0.05) is 70.1 Å². The number of anilines is 1. The van der Waals surface area contributed by atoms with Crippen LogP contribution in [0.4, 0.5) is 5.69 Å². The third-order valence-electron chi connectivity index (χ3n) is 6.64. The Labute approximate surface area is 190 Å². The summed E-state index contributed by atoms with van der Waals surface area (Å²) in [6.07, 6.45) is 6.67. The second kappa shape index (κ2) is 9.73. The second-order valence-electron chi connectivity index (χ2n) is 8.99. The standard InChI is InChI=1S/C24H35N7O/c1-25-24(26-15-22(28(2)3)19-14-27-29(4)16-19)31-17-18(20-8-5-6-9-21(20)31)11-13-30-12-7-10-23(30)32/h5-6,8-9,14,16,18,22H,7,10-13,15,17H2,1-4H3,(H,25,26). The van der Waals surface area contributed by atoms with E-state index >= 15 is 0 Å². The van der Waals surface area contributed by atoms with Crippen LogP contribution in [0.3, 0.4) is 0 Å². The van der Waals surface area contributed by atoms with Gasteiger partial charge in [-0.05, 0) is 38.6 Å². The molecule has 2 unspecified atom stereocenters. The molecule has 0 spiro atoms. The number of para-hydroxylation sites is 1. The highest BCUT2D eigenvalue weighted by Crippen LogP contribution is 2.38. The van der Waals surface area contributed by atoms with E-state index in [2.05, 4.69) is 69.8 Å². The summed E-state index contributed by atoms with van der Waals surface area (Å²) in [4.78, 5) is 23.2. The van der Waals surface area contributed by atoms with Crippen LogP contribution in [0.1, 0.15) is 42.3 Å². The summed E-state index contributed by atoms with van der Waals surface area (Å²) in [6, 6.07) is 8.78. The zero-order chi connectivity index (χ0) is 22.7. The summed E-state index contributed by atoms with van der Waals surface area (Å²) in [6.45, 7) is 3.35. The molecule has 8 nitrogen and oxygen atoms in total. The highest BCUT2D eigenvalue weighted by atomic mass is 16.2. The monoisotopic (exact) mass is 437 g/mol. The molecule has 1 aromatic heterocycles. The smallest absolute Gasteiger partial charge is 0.222 e. The summed E-state index contributed by atoms with van der Waals surface area (Å²) in [5.41, 5.74) is 3.73. The number of benzene rings is 1. The van der Waals surface area contributed by atoms with Crippen molar-refractivity contribution in [1.29, 1.82) is 0 Å². The number of aliphatic imine (C=N–C) groups is 1. The van der Waals surface area contributed by atoms with E-state index in [-0.39, 0.29) is 6.04 Å². The first kappa shape index (κ1) is 22.3. The van der Waals surface area contributed by atoms with Crippen molar-refractivity contribution in [3.05, 3.63) is 47.8 Å². The Morgan fingerprint density at radius 1 is 1.34 bits per heavy atom. The number of carbonyl (C=O) groups excluding carboxylic acids is 1. The van der Waals surface area contributed by atoms with Gasteiger partial charge < -0.3 is 20.0 Å². The number of likely N-dealkylation sites (tertiary alicyclic amines) is 1. The van der Waals surface area contributed by atoms with Crippen molar-refractivity contribution in [3.8, 4) is 0 Å². The fourth-order valence-corrected chi connectivity index (χ4v) is 4.89. The SMILES string of the molecule is CN=C(NCC(c1cnn(C)c1)N(C)C)N1CC(CCN2CCCC2=O)c2ccccc21. The van der Waals surface area contributed by atoms with Crippen molar-refractivity contribution in [2.45, 2.75) is 31.2 Å². The molecule has 1 aromatic carbocycles. The minimum atomic E-state index is 0.190. The lowest BCUT2D eigenvalue weighted by Crippen LogP contribution is -2.44. The van der Waals surface area contributed by atoms with Crippen LogP contribution in [0.5, 0.6) is 0 Å². The second-order valence-corrected chi connectivity index (χ2v) is 8.99. The molecule has 1 fully saturated rings. The number of aromatic nitrogens is 2. The number of hydrogen-bond donors (Lipinski definition) is 1. The number of guanidine groups is 1. The molecule has 0 bridgehead atoms. The fourth-order valence-electron chi connectivity index (χ4n) is 4.89. The average molecular weight is 438 g/mol. The maximum Gasteiger partial charge on any atom is 0.222 e. The molecule has 4 rings (SSSR count). The predicted molar refractivity (Wildman–Crippen MR) is 128 cm³/mol. The van der Waals surface area contributed by atoms with E-state index in [1.807, 2.05) is 29.9 Å². The molecular formula is C24H35N7O. The molecule has 2 aliphatic rings. The summed E-state index contributed by atoms with van der Waals surface area (Å²) in [5.74, 6) is 1.57. The molecule has 2 aromatic rings. The highest BCUT2D eigenvalue weighted by molar-refractivity contribution is 5.98. The Morgan fingerprint density at radius 2 is 2.16 bits per heavy atom. The van der Waals surface area contributed by atoms with Crippen LogP contribution >= 0.6 is 0 Å². The van der Waals surface area contributed by atoms with Crippen LogP contribution in [-0.4, -0.2) is 78.8 Å². The maximum absolute atomic E-state index is 12.0. The minimum Gasteiger partial charge on any atom is -0.354 e. The van der Waals surface area contributed by atoms with Crippen LogP contribution in [0.2, 0.25) is 0 Å². The zero-order valence-corrected chi connectivity index (χ0v) is 19.7. The quantitative estimate of drug-likeness (QED) is 0.531. The van der Waals surface area contributed by atoms with E-state index in [0.29, 0.717) is 18.2 Å². The van der Waals surface area contributed by atoms with Crippen LogP contribution in [0, 0.1) is 0 Å². The summed E-state index contributed by atoms with van der Waals surface area (Å²) < 4.78 is 1.84. The van der Waals surface area contributed by atoms with E-state index in [4.69, 9.17) is 0 Å². The number of fused-ring (bicyclic) bond motifs is 1. The molecule has 1 saturated heterocycles. The Kier molecular flexibility index (Phi) is 6.79. The molecule has 172 valence electrons. The number of amides is 1. The fraction of sp³-hybridized carbons (Fsp3) is 0.542. The Hall–Kier alpha value is -2.87. The largest absolute Gasteiger partial charge is 0.354 e. The molecule has 2 atom stereocenters. The highest BCUT2D eigenvalue weighted by Gasteiger charge is 2.32. The van der Waals surface area contributed by atoms with Gasteiger partial charge in [-0.25, -0.2) is 0 Å². The normalized spacial score (nSPS) is 19.7. The Bertz CT molecular complexity index is 967. The molecule has 32 heavy (non-hydrogen) atoms. The molecule has 1 amide bonds. The van der Waals surface area contributed by atoms with Gasteiger partial charge in [-0.15, -0.1) is 0 Å². The van der Waals surface area contributed by atoms with Crippen LogP contribution < -0.4 is 10.2 Å². The number of carbonyl (C=O) groups is 1. The van der Waals surface area contributed by atoms with Gasteiger partial charge in [0.1, 0.15) is 0 Å². The minimum absolute atomic E-state index is 0.190. The number of aryl methyl sites for hydroxylation is 1. The molecule has 8 heteroatoms. The van der Waals surface area contributed by atoms with E-state index < -0.39 is 0 Å². The number of likely N-dealkylation sites (N-methyl/N-ethyl adjacent to an activating group) is 1. The van der Waals surface area contributed by atoms with Gasteiger partial charge in [0.15, 0.2) is 5.96 Å². The van der Waals surface area contributed by atoms with Crippen LogP contribution in [-0.2, 0) is 11.8 Å². The lowest BCUT2D eigenvalue weighted by molar-refractivity contribution is -0.127. The molecule has 3 heterocycles. The summed E-state index contributed by atoms with van der Waals surface area (Å²) in [7, 11) is 7.96. The molecule has 1 N–H and O–H groups in total. The molecule has 0 radical (unpaired) electrons. The van der Waals surface area contributed by atoms with E-state index in [9.17, 15) is 4.79 Å². The van der Waals surface area contributed by atoms with Gasteiger partial charge in [0.2, 0.25) is 5.91 Å². The average Bonchev–Trinajstić information content (AvgIpc) is 3.49. The third-order valence-corrected chi connectivity index (χ3v) is 6.64. The van der Waals surface area contributed by atoms with E-state index in [0.717, 1.165) is 45.0 Å². The van der Waals surface area contributed by atoms with Gasteiger partial charge in [-0.1, -0.05) is 18.2 Å². The first-order valence-corrected chi connectivity index (χ1v) is 11.5. The Balaban J connectivity index is 1.45. The van der Waals surface area contributed by atoms with Crippen molar-refractivity contribution in [2.75, 3.05) is 52.2 Å². The van der Waals surface area contributed by atoms with E-state index in [1.54, 1.807) is 0 Å². The van der Waals surface area contributed by atoms with Crippen LogP contribution in [0.15, 0.2) is 41.7 Å². The first-order chi connectivity index (χ1) is 15.5. The van der Waals surface area contributed by atoms with Crippen molar-refractivity contribution < 1.29 is 4.79 Å². The van der Waals surface area contributed by atoms with Gasteiger partial charge in [0.05, 0.1) is 12.2 Å². The number of rotatable bonds is 7. The molecular weight excluding hydrogens is 402 g/mol. The van der Waals surface area contributed by atoms with Crippen molar-refractivity contribution in [1.82, 2.24) is 24.9 Å². The van der Waals surface area contributed by atoms with Crippen molar-refractivity contribution in [3.63, 3.8) is 0 Å². The number of hydrogen-bond acceptors (Lipinski definition) is 4. The summed E-state index contributed by atoms with van der Waals surface area (Å²) in [5, 5.41) is 7.94. The lowest BCUT2D eigenvalue weighted by atomic mass is 9.98. The molecule has 2 aliphatic heterocycles. The third kappa shape index (κ3) is 4.65. The number of nitrogens with one attached hydrogen (secondary N) is 1. The maximum atomic E-state index is 12.0. The van der Waals surface area contributed by atoms with Gasteiger partial charge >= 0.3 is 0 Å². The predicted octanol–water partition coefficient (Wildman–Crippen LogP) is 2.21. The van der Waals surface area contributed by atoms with Gasteiger partial charge in [-0.3, -0.25) is 14.5 Å². The van der Waals surface area contributed by atoms with Crippen LogP contribution in [0.25, 0.3) is 0 Å². The molecule has 0 saturated carbocycles. The zero-order valence-electron chi connectivity index (χ0n) is 19.7. The Morgan fingerprint density at radius 3 is 2.81 bits per heavy atom.